The average Bonchev–Trinajstić information content (AvgIpc) is 3.12. The lowest BCUT2D eigenvalue weighted by Gasteiger charge is -1.99. The highest BCUT2D eigenvalue weighted by atomic mass is 35.5. The van der Waals surface area contributed by atoms with Gasteiger partial charge in [-0.1, -0.05) is 72.3 Å². The number of benzene rings is 2. The van der Waals surface area contributed by atoms with Gasteiger partial charge in [-0.15, -0.1) is 11.3 Å². The molecule has 0 aliphatic heterocycles. The minimum absolute atomic E-state index is 0.234. The minimum Gasteiger partial charge on any atom is -0.462 e. The van der Waals surface area contributed by atoms with Crippen LogP contribution in [0.4, 0.5) is 0 Å². The zero-order chi connectivity index (χ0) is 21.2. The third-order valence-electron chi connectivity index (χ3n) is 4.05. The van der Waals surface area contributed by atoms with Crippen LogP contribution in [0.2, 0.25) is 0 Å². The number of rotatable bonds is 5. The number of allylic oxidation sites excluding steroid dienone is 2. The van der Waals surface area contributed by atoms with Gasteiger partial charge in [-0.25, -0.2) is 4.79 Å². The monoisotopic (exact) mass is 426 g/mol. The van der Waals surface area contributed by atoms with Crippen LogP contribution in [0.1, 0.15) is 34.0 Å². The molecule has 3 aromatic rings. The summed E-state index contributed by atoms with van der Waals surface area (Å²) in [5.41, 5.74) is 3.66. The van der Waals surface area contributed by atoms with E-state index in [0.717, 1.165) is 27.9 Å². The molecule has 0 aliphatic carbocycles. The molecule has 0 bridgehead atoms. The first-order chi connectivity index (χ1) is 14.0. The second-order valence-corrected chi connectivity index (χ2v) is 7.92. The first kappa shape index (κ1) is 22.6. The standard InChI is InChI=1S/C14H14O2S.C10H9ClO/c1-3-16-14(15)13-9-12(10(2)17-13)11-7-5-4-6-8-11;1-8(11)10(7-12)9-5-3-2-4-6-9/h4-9H,3H2,1-2H3;2-7H,1H3/b;10-8-. The lowest BCUT2D eigenvalue weighted by molar-refractivity contribution is -0.103. The number of ether oxygens (including phenoxy) is 1. The van der Waals surface area contributed by atoms with E-state index < -0.39 is 0 Å². The predicted octanol–water partition coefficient (Wildman–Crippen LogP) is 6.76. The number of halogens is 1. The van der Waals surface area contributed by atoms with Crippen molar-refractivity contribution in [1.29, 1.82) is 0 Å². The second kappa shape index (κ2) is 11.3. The summed E-state index contributed by atoms with van der Waals surface area (Å²) in [5.74, 6) is -0.234. The summed E-state index contributed by atoms with van der Waals surface area (Å²) >= 11 is 7.21. The summed E-state index contributed by atoms with van der Waals surface area (Å²) in [5, 5.41) is 0.524. The Morgan fingerprint density at radius 3 is 2.17 bits per heavy atom. The van der Waals surface area contributed by atoms with Crippen molar-refractivity contribution in [3.63, 3.8) is 0 Å². The molecular weight excluding hydrogens is 404 g/mol. The van der Waals surface area contributed by atoms with E-state index in [1.165, 1.54) is 11.3 Å². The van der Waals surface area contributed by atoms with Crippen LogP contribution in [0.5, 0.6) is 0 Å². The van der Waals surface area contributed by atoms with E-state index in [9.17, 15) is 9.59 Å². The van der Waals surface area contributed by atoms with Crippen molar-refractivity contribution < 1.29 is 14.3 Å². The summed E-state index contributed by atoms with van der Waals surface area (Å²) < 4.78 is 5.00. The smallest absolute Gasteiger partial charge is 0.348 e. The molecule has 1 heterocycles. The van der Waals surface area contributed by atoms with Crippen LogP contribution in [-0.2, 0) is 9.53 Å². The Hall–Kier alpha value is -2.69. The van der Waals surface area contributed by atoms with E-state index in [4.69, 9.17) is 16.3 Å². The molecule has 0 radical (unpaired) electrons. The maximum absolute atomic E-state index is 11.6. The molecule has 0 saturated heterocycles. The molecule has 3 nitrogen and oxygen atoms in total. The minimum atomic E-state index is -0.234. The second-order valence-electron chi connectivity index (χ2n) is 6.10. The quantitative estimate of drug-likeness (QED) is 0.257. The number of esters is 1. The normalized spacial score (nSPS) is 11.0. The summed E-state index contributed by atoms with van der Waals surface area (Å²) in [7, 11) is 0. The largest absolute Gasteiger partial charge is 0.462 e. The van der Waals surface area contributed by atoms with Gasteiger partial charge in [0.1, 0.15) is 4.88 Å². The molecule has 0 spiro atoms. The number of hydrogen-bond donors (Lipinski definition) is 0. The molecule has 1 aromatic heterocycles. The highest BCUT2D eigenvalue weighted by Gasteiger charge is 2.13. The molecule has 0 fully saturated rings. The zero-order valence-electron chi connectivity index (χ0n) is 16.6. The van der Waals surface area contributed by atoms with Crippen LogP contribution in [0.15, 0.2) is 71.8 Å². The molecule has 0 saturated carbocycles. The van der Waals surface area contributed by atoms with E-state index in [2.05, 4.69) is 0 Å². The van der Waals surface area contributed by atoms with E-state index in [0.29, 0.717) is 22.1 Å². The van der Waals surface area contributed by atoms with Gasteiger partial charge in [0, 0.05) is 15.5 Å². The van der Waals surface area contributed by atoms with Gasteiger partial charge in [0.2, 0.25) is 0 Å². The Morgan fingerprint density at radius 1 is 1.07 bits per heavy atom. The molecule has 5 heteroatoms. The SMILES string of the molecule is C/C(Cl)=C(\C=O)c1ccccc1.CCOC(=O)c1cc(-c2ccccc2)c(C)s1. The van der Waals surface area contributed by atoms with E-state index >= 15 is 0 Å². The van der Waals surface area contributed by atoms with Crippen molar-refractivity contribution in [2.75, 3.05) is 6.61 Å². The maximum Gasteiger partial charge on any atom is 0.348 e. The van der Waals surface area contributed by atoms with Crippen molar-refractivity contribution in [3.8, 4) is 11.1 Å². The van der Waals surface area contributed by atoms with Crippen molar-refractivity contribution in [2.45, 2.75) is 20.8 Å². The van der Waals surface area contributed by atoms with Gasteiger partial charge in [0.05, 0.1) is 6.61 Å². The molecule has 0 atom stereocenters. The first-order valence-electron chi connectivity index (χ1n) is 9.17. The number of aryl methyl sites for hydroxylation is 1. The Bertz CT molecular complexity index is 972. The third-order valence-corrected chi connectivity index (χ3v) is 5.29. The van der Waals surface area contributed by atoms with E-state index in [-0.39, 0.29) is 5.97 Å². The Balaban J connectivity index is 0.000000221. The molecule has 0 aliphatic rings. The van der Waals surface area contributed by atoms with Gasteiger partial charge in [-0.3, -0.25) is 4.79 Å². The molecule has 0 amide bonds. The van der Waals surface area contributed by atoms with Gasteiger partial charge in [-0.2, -0.15) is 0 Å². The van der Waals surface area contributed by atoms with Crippen molar-refractivity contribution in [3.05, 3.63) is 87.1 Å². The van der Waals surface area contributed by atoms with Gasteiger partial charge in [0.15, 0.2) is 6.29 Å². The molecular formula is C24H23ClO3S. The Labute approximate surface area is 180 Å². The van der Waals surface area contributed by atoms with Crippen LogP contribution in [0.3, 0.4) is 0 Å². The van der Waals surface area contributed by atoms with Crippen LogP contribution < -0.4 is 0 Å². The van der Waals surface area contributed by atoms with Crippen LogP contribution in [0, 0.1) is 6.92 Å². The maximum atomic E-state index is 11.6. The summed E-state index contributed by atoms with van der Waals surface area (Å²) in [6, 6.07) is 21.3. The highest BCUT2D eigenvalue weighted by molar-refractivity contribution is 7.14. The predicted molar refractivity (Wildman–Crippen MR) is 121 cm³/mol. The van der Waals surface area contributed by atoms with Crippen LogP contribution in [0.25, 0.3) is 16.7 Å². The molecule has 0 N–H and O–H groups in total. The third kappa shape index (κ3) is 6.41. The van der Waals surface area contributed by atoms with Crippen LogP contribution in [-0.4, -0.2) is 18.9 Å². The van der Waals surface area contributed by atoms with E-state index in [1.54, 1.807) is 6.92 Å². The fourth-order valence-corrected chi connectivity index (χ4v) is 3.74. The lowest BCUT2D eigenvalue weighted by atomic mass is 10.1. The van der Waals surface area contributed by atoms with Crippen molar-refractivity contribution in [1.82, 2.24) is 0 Å². The van der Waals surface area contributed by atoms with Crippen LogP contribution >= 0.6 is 22.9 Å². The average molecular weight is 427 g/mol. The van der Waals surface area contributed by atoms with Crippen molar-refractivity contribution >= 4 is 40.8 Å². The fourth-order valence-electron chi connectivity index (χ4n) is 2.66. The Kier molecular flexibility index (Phi) is 8.84. The molecule has 0 unspecified atom stereocenters. The fraction of sp³-hybridized carbons (Fsp3) is 0.167. The summed E-state index contributed by atoms with van der Waals surface area (Å²) in [4.78, 5) is 24.0. The van der Waals surface area contributed by atoms with Gasteiger partial charge < -0.3 is 4.74 Å². The Morgan fingerprint density at radius 2 is 1.66 bits per heavy atom. The number of carbonyl (C=O) groups is 2. The first-order valence-corrected chi connectivity index (χ1v) is 10.4. The highest BCUT2D eigenvalue weighted by Crippen LogP contribution is 2.31. The van der Waals surface area contributed by atoms with Gasteiger partial charge >= 0.3 is 5.97 Å². The molecule has 150 valence electrons. The van der Waals surface area contributed by atoms with Gasteiger partial charge in [-0.05, 0) is 43.5 Å². The number of carbonyl (C=O) groups excluding carboxylic acids is 2. The zero-order valence-corrected chi connectivity index (χ0v) is 18.2. The summed E-state index contributed by atoms with van der Waals surface area (Å²) in [6.45, 7) is 5.96. The van der Waals surface area contributed by atoms with E-state index in [1.807, 2.05) is 80.6 Å². The topological polar surface area (TPSA) is 43.4 Å². The number of thiophene rings is 1. The van der Waals surface area contributed by atoms with Crippen molar-refractivity contribution in [2.24, 2.45) is 0 Å². The summed E-state index contributed by atoms with van der Waals surface area (Å²) in [6.07, 6.45) is 0.775. The van der Waals surface area contributed by atoms with Gasteiger partial charge in [0.25, 0.3) is 0 Å². The molecule has 3 rings (SSSR count). The lowest BCUT2D eigenvalue weighted by Crippen LogP contribution is -2.01. The molecule has 2 aromatic carbocycles. The number of aldehydes is 1. The molecule has 29 heavy (non-hydrogen) atoms. The number of hydrogen-bond acceptors (Lipinski definition) is 4.